The Kier molecular flexibility index (Phi) is 3.78. The second-order valence-electron chi connectivity index (χ2n) is 4.03. The zero-order chi connectivity index (χ0) is 13.1. The van der Waals surface area contributed by atoms with E-state index < -0.39 is 24.1 Å². The van der Waals surface area contributed by atoms with Crippen LogP contribution in [0.5, 0.6) is 0 Å². The van der Waals surface area contributed by atoms with Gasteiger partial charge in [-0.05, 0) is 0 Å². The van der Waals surface area contributed by atoms with Crippen molar-refractivity contribution < 1.29 is 19.8 Å². The highest BCUT2D eigenvalue weighted by atomic mass is 32.1. The second kappa shape index (κ2) is 5.32. The topological polar surface area (TPSA) is 103 Å². The number of aromatic nitrogens is 1. The Bertz CT molecular complexity index is 436. The molecule has 0 unspecified atom stereocenters. The van der Waals surface area contributed by atoms with Crippen LogP contribution in [0, 0.1) is 0 Å². The number of hydrogen-bond donors (Lipinski definition) is 3. The number of likely N-dealkylation sites (tertiary alicyclic amines) is 1. The molecule has 0 spiro atoms. The van der Waals surface area contributed by atoms with Crippen molar-refractivity contribution in [1.29, 1.82) is 0 Å². The summed E-state index contributed by atoms with van der Waals surface area (Å²) in [6, 6.07) is -1.46. The van der Waals surface area contributed by atoms with Gasteiger partial charge in [0, 0.05) is 18.3 Å². The molecule has 2 rings (SSSR count). The number of aliphatic hydroxyl groups excluding tert-OH is 1. The van der Waals surface area contributed by atoms with Crippen LogP contribution in [0.1, 0.15) is 12.1 Å². The third-order valence-corrected chi connectivity index (χ3v) is 3.36. The fourth-order valence-electron chi connectivity index (χ4n) is 1.86. The first-order valence-electron chi connectivity index (χ1n) is 5.40. The van der Waals surface area contributed by atoms with Crippen LogP contribution in [-0.2, 0) is 11.3 Å². The van der Waals surface area contributed by atoms with Gasteiger partial charge in [-0.25, -0.2) is 14.6 Å². The van der Waals surface area contributed by atoms with Crippen molar-refractivity contribution in [3.8, 4) is 0 Å². The Morgan fingerprint density at radius 2 is 2.39 bits per heavy atom. The summed E-state index contributed by atoms with van der Waals surface area (Å²) in [6.07, 6.45) is -0.712. The number of rotatable bonds is 3. The lowest BCUT2D eigenvalue weighted by Crippen LogP contribution is -2.45. The van der Waals surface area contributed by atoms with Crippen LogP contribution in [0.2, 0.25) is 0 Å². The minimum atomic E-state index is -1.10. The minimum Gasteiger partial charge on any atom is -0.480 e. The lowest BCUT2D eigenvalue weighted by molar-refractivity contribution is -0.141. The Labute approximate surface area is 107 Å². The van der Waals surface area contributed by atoms with Crippen molar-refractivity contribution in [3.05, 3.63) is 16.6 Å². The summed E-state index contributed by atoms with van der Waals surface area (Å²) in [5, 5.41) is 22.8. The van der Waals surface area contributed by atoms with E-state index in [9.17, 15) is 14.7 Å². The van der Waals surface area contributed by atoms with Crippen molar-refractivity contribution in [2.24, 2.45) is 0 Å². The third kappa shape index (κ3) is 2.77. The highest BCUT2D eigenvalue weighted by Crippen LogP contribution is 2.18. The SMILES string of the molecule is O=C(O)[C@@H]1C[C@H](O)CN1C(=O)NCc1cscn1. The average Bonchev–Trinajstić information content (AvgIpc) is 2.94. The smallest absolute Gasteiger partial charge is 0.326 e. The van der Waals surface area contributed by atoms with Crippen molar-refractivity contribution in [3.63, 3.8) is 0 Å². The fourth-order valence-corrected chi connectivity index (χ4v) is 2.42. The first-order chi connectivity index (χ1) is 8.58. The first-order valence-corrected chi connectivity index (χ1v) is 6.34. The molecule has 1 aromatic rings. The highest BCUT2D eigenvalue weighted by molar-refractivity contribution is 7.07. The predicted molar refractivity (Wildman–Crippen MR) is 63.1 cm³/mol. The summed E-state index contributed by atoms with van der Waals surface area (Å²) in [5.74, 6) is -1.10. The largest absolute Gasteiger partial charge is 0.480 e. The lowest BCUT2D eigenvalue weighted by Gasteiger charge is -2.21. The summed E-state index contributed by atoms with van der Waals surface area (Å²) < 4.78 is 0. The number of carboxylic acids is 1. The van der Waals surface area contributed by atoms with Gasteiger partial charge in [0.25, 0.3) is 0 Å². The van der Waals surface area contributed by atoms with Gasteiger partial charge in [-0.2, -0.15) is 0 Å². The van der Waals surface area contributed by atoms with E-state index >= 15 is 0 Å². The summed E-state index contributed by atoms with van der Waals surface area (Å²) >= 11 is 1.42. The second-order valence-corrected chi connectivity index (χ2v) is 4.75. The fraction of sp³-hybridized carbons (Fsp3) is 0.500. The van der Waals surface area contributed by atoms with Gasteiger partial charge in [0.15, 0.2) is 0 Å². The molecule has 1 fully saturated rings. The molecule has 1 aliphatic rings. The molecule has 8 heteroatoms. The van der Waals surface area contributed by atoms with Crippen LogP contribution in [0.3, 0.4) is 0 Å². The molecule has 2 atom stereocenters. The van der Waals surface area contributed by atoms with Gasteiger partial charge in [-0.1, -0.05) is 0 Å². The number of aliphatic hydroxyl groups is 1. The number of carboxylic acid groups (broad SMARTS) is 1. The predicted octanol–water partition coefficient (Wildman–Crippen LogP) is -0.127. The van der Waals surface area contributed by atoms with E-state index in [2.05, 4.69) is 10.3 Å². The molecule has 7 nitrogen and oxygen atoms in total. The summed E-state index contributed by atoms with van der Waals surface area (Å²) in [6.45, 7) is 0.293. The van der Waals surface area contributed by atoms with E-state index in [-0.39, 0.29) is 19.5 Å². The standard InChI is InChI=1S/C10H13N3O4S/c14-7-1-8(9(15)16)13(3-7)10(17)11-2-6-4-18-5-12-6/h4-5,7-8,14H,1-3H2,(H,11,17)(H,15,16)/t7-,8-/m0/s1. The molecule has 2 amide bonds. The quantitative estimate of drug-likeness (QED) is 0.710. The van der Waals surface area contributed by atoms with Gasteiger partial charge in [-0.15, -0.1) is 11.3 Å². The molecule has 3 N–H and O–H groups in total. The molecular formula is C10H13N3O4S. The van der Waals surface area contributed by atoms with Crippen molar-refractivity contribution in [2.45, 2.75) is 25.1 Å². The average molecular weight is 271 g/mol. The van der Waals surface area contributed by atoms with Crippen molar-refractivity contribution in [2.75, 3.05) is 6.54 Å². The van der Waals surface area contributed by atoms with E-state index in [4.69, 9.17) is 5.11 Å². The Morgan fingerprint density at radius 3 is 3.00 bits per heavy atom. The number of nitrogens with zero attached hydrogens (tertiary/aromatic N) is 2. The third-order valence-electron chi connectivity index (χ3n) is 2.73. The van der Waals surface area contributed by atoms with Gasteiger partial charge in [-0.3, -0.25) is 0 Å². The van der Waals surface area contributed by atoms with Gasteiger partial charge in [0.1, 0.15) is 6.04 Å². The summed E-state index contributed by atoms with van der Waals surface area (Å²) in [5.41, 5.74) is 2.38. The van der Waals surface area contributed by atoms with Crippen LogP contribution in [0.4, 0.5) is 4.79 Å². The molecule has 0 saturated carbocycles. The minimum absolute atomic E-state index is 0.0415. The number of β-amino-alcohol motifs (C(OH)–C–C–N with tert-alkyl or cyclic N) is 1. The molecule has 1 saturated heterocycles. The lowest BCUT2D eigenvalue weighted by atomic mass is 10.2. The maximum Gasteiger partial charge on any atom is 0.326 e. The molecule has 1 aromatic heterocycles. The number of thiazole rings is 1. The normalized spacial score (nSPS) is 23.1. The number of amides is 2. The number of aliphatic carboxylic acids is 1. The maximum absolute atomic E-state index is 11.8. The number of carbonyl (C=O) groups excluding carboxylic acids is 1. The van der Waals surface area contributed by atoms with Gasteiger partial charge in [0.2, 0.25) is 0 Å². The van der Waals surface area contributed by atoms with Gasteiger partial charge >= 0.3 is 12.0 Å². The number of nitrogens with one attached hydrogen (secondary N) is 1. The number of urea groups is 1. The van der Waals surface area contributed by atoms with Crippen molar-refractivity contribution in [1.82, 2.24) is 15.2 Å². The van der Waals surface area contributed by atoms with Crippen molar-refractivity contribution >= 4 is 23.3 Å². The monoisotopic (exact) mass is 271 g/mol. The summed E-state index contributed by atoms with van der Waals surface area (Å²) in [4.78, 5) is 27.9. The first kappa shape index (κ1) is 12.8. The van der Waals surface area contributed by atoms with Gasteiger partial charge < -0.3 is 20.4 Å². The Morgan fingerprint density at radius 1 is 1.61 bits per heavy atom. The van der Waals surface area contributed by atoms with E-state index in [1.807, 2.05) is 0 Å². The molecule has 0 radical (unpaired) electrons. The van der Waals surface area contributed by atoms with Crippen LogP contribution >= 0.6 is 11.3 Å². The molecule has 0 aromatic carbocycles. The van der Waals surface area contributed by atoms with E-state index in [0.29, 0.717) is 0 Å². The van der Waals surface area contributed by atoms with Gasteiger partial charge in [0.05, 0.1) is 23.9 Å². The van der Waals surface area contributed by atoms with E-state index in [1.54, 1.807) is 10.9 Å². The van der Waals surface area contributed by atoms with E-state index in [1.165, 1.54) is 11.3 Å². The summed E-state index contributed by atoms with van der Waals surface area (Å²) in [7, 11) is 0. The zero-order valence-electron chi connectivity index (χ0n) is 9.44. The number of hydrogen-bond acceptors (Lipinski definition) is 5. The van der Waals surface area contributed by atoms with E-state index in [0.717, 1.165) is 10.6 Å². The highest BCUT2D eigenvalue weighted by Gasteiger charge is 2.38. The molecule has 0 aliphatic carbocycles. The Balaban J connectivity index is 1.93. The molecule has 2 heterocycles. The van der Waals surface area contributed by atoms with Crippen LogP contribution in [-0.4, -0.2) is 50.8 Å². The number of carbonyl (C=O) groups is 2. The zero-order valence-corrected chi connectivity index (χ0v) is 10.3. The van der Waals surface area contributed by atoms with Crippen LogP contribution in [0.15, 0.2) is 10.9 Å². The van der Waals surface area contributed by atoms with Crippen LogP contribution < -0.4 is 5.32 Å². The molecular weight excluding hydrogens is 258 g/mol. The molecule has 98 valence electrons. The maximum atomic E-state index is 11.8. The molecule has 18 heavy (non-hydrogen) atoms. The molecule has 0 bridgehead atoms. The van der Waals surface area contributed by atoms with Crippen LogP contribution in [0.25, 0.3) is 0 Å². The molecule has 1 aliphatic heterocycles. The Hall–Kier alpha value is -1.67.